The van der Waals surface area contributed by atoms with Crippen molar-refractivity contribution < 1.29 is 9.59 Å². The van der Waals surface area contributed by atoms with Crippen LogP contribution < -0.4 is 16.0 Å². The summed E-state index contributed by atoms with van der Waals surface area (Å²) in [7, 11) is 0. The van der Waals surface area contributed by atoms with E-state index in [1.54, 1.807) is 6.07 Å². The van der Waals surface area contributed by atoms with Crippen LogP contribution in [-0.4, -0.2) is 24.9 Å². The van der Waals surface area contributed by atoms with Crippen LogP contribution in [0, 0.1) is 12.3 Å². The monoisotopic (exact) mass is 289 g/mol. The van der Waals surface area contributed by atoms with Crippen LogP contribution in [0.4, 0.5) is 11.4 Å². The van der Waals surface area contributed by atoms with E-state index in [1.807, 2.05) is 26.0 Å². The summed E-state index contributed by atoms with van der Waals surface area (Å²) in [6, 6.07) is 5.57. The van der Waals surface area contributed by atoms with E-state index >= 15 is 0 Å². The van der Waals surface area contributed by atoms with Crippen LogP contribution in [0.25, 0.3) is 0 Å². The van der Waals surface area contributed by atoms with Gasteiger partial charge in [-0.1, -0.05) is 13.0 Å². The second-order valence-corrected chi connectivity index (χ2v) is 5.73. The van der Waals surface area contributed by atoms with Crippen molar-refractivity contribution >= 4 is 23.2 Å². The first-order valence-corrected chi connectivity index (χ1v) is 7.37. The van der Waals surface area contributed by atoms with Crippen molar-refractivity contribution in [2.24, 2.45) is 5.41 Å². The molecule has 0 bridgehead atoms. The minimum atomic E-state index is -0.320. The Morgan fingerprint density at radius 3 is 2.67 bits per heavy atom. The Morgan fingerprint density at radius 1 is 1.33 bits per heavy atom. The molecule has 0 aromatic heterocycles. The zero-order valence-electron chi connectivity index (χ0n) is 12.9. The summed E-state index contributed by atoms with van der Waals surface area (Å²) in [4.78, 5) is 23.7. The maximum Gasteiger partial charge on any atom is 0.231 e. The molecule has 21 heavy (non-hydrogen) atoms. The molecule has 114 valence electrons. The molecule has 1 heterocycles. The molecule has 0 aliphatic carbocycles. The van der Waals surface area contributed by atoms with Crippen molar-refractivity contribution in [3.8, 4) is 0 Å². The third kappa shape index (κ3) is 3.42. The number of carbonyl (C=O) groups is 2. The zero-order valence-corrected chi connectivity index (χ0v) is 12.9. The summed E-state index contributed by atoms with van der Waals surface area (Å²) in [5.74, 6) is -0.0702. The normalized spacial score (nSPS) is 21.1. The van der Waals surface area contributed by atoms with Gasteiger partial charge in [-0.05, 0) is 44.0 Å². The third-order valence-electron chi connectivity index (χ3n) is 4.21. The summed E-state index contributed by atoms with van der Waals surface area (Å²) < 4.78 is 0. The molecule has 2 rings (SSSR count). The first-order valence-electron chi connectivity index (χ1n) is 7.37. The van der Waals surface area contributed by atoms with Crippen molar-refractivity contribution in [3.63, 3.8) is 0 Å². The Balaban J connectivity index is 2.15. The molecule has 1 unspecified atom stereocenters. The summed E-state index contributed by atoms with van der Waals surface area (Å²) in [6.07, 6.45) is 1.68. The molecule has 5 heteroatoms. The quantitative estimate of drug-likeness (QED) is 0.796. The van der Waals surface area contributed by atoms with Crippen LogP contribution in [0.1, 0.15) is 32.3 Å². The fourth-order valence-corrected chi connectivity index (χ4v) is 2.69. The topological polar surface area (TPSA) is 70.2 Å². The predicted molar refractivity (Wildman–Crippen MR) is 84.3 cm³/mol. The number of carbonyl (C=O) groups excluding carboxylic acids is 2. The Morgan fingerprint density at radius 2 is 2.10 bits per heavy atom. The van der Waals surface area contributed by atoms with Gasteiger partial charge in [0.1, 0.15) is 0 Å². The van der Waals surface area contributed by atoms with Gasteiger partial charge in [0.15, 0.2) is 0 Å². The summed E-state index contributed by atoms with van der Waals surface area (Å²) in [6.45, 7) is 7.04. The third-order valence-corrected chi connectivity index (χ3v) is 4.21. The molecule has 1 saturated heterocycles. The van der Waals surface area contributed by atoms with E-state index in [1.165, 1.54) is 6.92 Å². The molecule has 0 radical (unpaired) electrons. The van der Waals surface area contributed by atoms with Gasteiger partial charge in [0.05, 0.1) is 5.41 Å². The van der Waals surface area contributed by atoms with Gasteiger partial charge >= 0.3 is 0 Å². The van der Waals surface area contributed by atoms with Gasteiger partial charge in [-0.15, -0.1) is 0 Å². The van der Waals surface area contributed by atoms with E-state index in [9.17, 15) is 9.59 Å². The van der Waals surface area contributed by atoms with Gasteiger partial charge in [-0.3, -0.25) is 9.59 Å². The van der Waals surface area contributed by atoms with Crippen LogP contribution in [-0.2, 0) is 9.59 Å². The van der Waals surface area contributed by atoms with Gasteiger partial charge in [0.2, 0.25) is 11.8 Å². The number of nitrogens with one attached hydrogen (secondary N) is 3. The minimum absolute atomic E-state index is 0.0487. The maximum absolute atomic E-state index is 12.5. The van der Waals surface area contributed by atoms with Crippen molar-refractivity contribution in [2.75, 3.05) is 23.7 Å². The molecule has 1 aromatic carbocycles. The highest BCUT2D eigenvalue weighted by Crippen LogP contribution is 2.31. The number of benzene rings is 1. The Labute approximate surface area is 125 Å². The van der Waals surface area contributed by atoms with Crippen LogP contribution in [0.2, 0.25) is 0 Å². The molecule has 5 nitrogen and oxygen atoms in total. The number of anilines is 2. The van der Waals surface area contributed by atoms with E-state index in [2.05, 4.69) is 16.0 Å². The average Bonchev–Trinajstić information content (AvgIpc) is 2.92. The van der Waals surface area contributed by atoms with Crippen molar-refractivity contribution in [2.45, 2.75) is 33.6 Å². The molecule has 1 atom stereocenters. The summed E-state index contributed by atoms with van der Waals surface area (Å²) >= 11 is 0. The number of amides is 2. The first kappa shape index (κ1) is 15.5. The molecule has 1 aromatic rings. The zero-order chi connectivity index (χ0) is 15.5. The number of hydrogen-bond acceptors (Lipinski definition) is 3. The lowest BCUT2D eigenvalue weighted by molar-refractivity contribution is -0.124. The van der Waals surface area contributed by atoms with Crippen LogP contribution in [0.3, 0.4) is 0 Å². The van der Waals surface area contributed by atoms with Crippen LogP contribution in [0.5, 0.6) is 0 Å². The SMILES string of the molecule is CCC1(C(=O)Nc2ccc(C)c(NC(C)=O)c2)CCNC1. The first-order chi connectivity index (χ1) is 9.97. The molecule has 1 aliphatic heterocycles. The average molecular weight is 289 g/mol. The second kappa shape index (κ2) is 6.26. The van der Waals surface area contributed by atoms with Gasteiger partial charge in [0, 0.05) is 24.8 Å². The van der Waals surface area contributed by atoms with Crippen LogP contribution in [0.15, 0.2) is 18.2 Å². The minimum Gasteiger partial charge on any atom is -0.326 e. The summed E-state index contributed by atoms with van der Waals surface area (Å²) in [5, 5.41) is 9.02. The van der Waals surface area contributed by atoms with Gasteiger partial charge in [-0.25, -0.2) is 0 Å². The number of aryl methyl sites for hydroxylation is 1. The van der Waals surface area contributed by atoms with Crippen molar-refractivity contribution in [3.05, 3.63) is 23.8 Å². The lowest BCUT2D eigenvalue weighted by Crippen LogP contribution is -2.37. The van der Waals surface area contributed by atoms with E-state index in [4.69, 9.17) is 0 Å². The maximum atomic E-state index is 12.5. The van der Waals surface area contributed by atoms with Crippen LogP contribution >= 0.6 is 0 Å². The Bertz CT molecular complexity index is 548. The fraction of sp³-hybridized carbons (Fsp3) is 0.500. The molecule has 3 N–H and O–H groups in total. The molecular formula is C16H23N3O2. The van der Waals surface area contributed by atoms with Crippen molar-refractivity contribution in [1.29, 1.82) is 0 Å². The lowest BCUT2D eigenvalue weighted by Gasteiger charge is -2.25. The van der Waals surface area contributed by atoms with Gasteiger partial charge in [-0.2, -0.15) is 0 Å². The highest BCUT2D eigenvalue weighted by molar-refractivity contribution is 5.97. The highest BCUT2D eigenvalue weighted by Gasteiger charge is 2.39. The van der Waals surface area contributed by atoms with E-state index < -0.39 is 0 Å². The van der Waals surface area contributed by atoms with E-state index in [0.717, 1.165) is 37.2 Å². The number of rotatable bonds is 4. The Kier molecular flexibility index (Phi) is 4.63. The number of hydrogen-bond donors (Lipinski definition) is 3. The summed E-state index contributed by atoms with van der Waals surface area (Å²) in [5.41, 5.74) is 2.10. The lowest BCUT2D eigenvalue weighted by atomic mass is 9.83. The van der Waals surface area contributed by atoms with Crippen molar-refractivity contribution in [1.82, 2.24) is 5.32 Å². The molecule has 0 spiro atoms. The van der Waals surface area contributed by atoms with Gasteiger partial charge < -0.3 is 16.0 Å². The standard InChI is InChI=1S/C16H23N3O2/c1-4-16(7-8-17-10-16)15(21)19-13-6-5-11(2)14(9-13)18-12(3)20/h5-6,9,17H,4,7-8,10H2,1-3H3,(H,18,20)(H,19,21). The predicted octanol–water partition coefficient (Wildman–Crippen LogP) is 2.28. The molecule has 0 saturated carbocycles. The van der Waals surface area contributed by atoms with E-state index in [-0.39, 0.29) is 17.2 Å². The largest absolute Gasteiger partial charge is 0.326 e. The van der Waals surface area contributed by atoms with Gasteiger partial charge in [0.25, 0.3) is 0 Å². The molecular weight excluding hydrogens is 266 g/mol. The molecule has 1 aliphatic rings. The highest BCUT2D eigenvalue weighted by atomic mass is 16.2. The second-order valence-electron chi connectivity index (χ2n) is 5.73. The van der Waals surface area contributed by atoms with E-state index in [0.29, 0.717) is 5.69 Å². The Hall–Kier alpha value is -1.88. The molecule has 2 amide bonds. The molecule has 1 fully saturated rings. The smallest absolute Gasteiger partial charge is 0.231 e. The fourth-order valence-electron chi connectivity index (χ4n) is 2.69.